The number of hydrogen-bond donors (Lipinski definition) is 2. The highest BCUT2D eigenvalue weighted by Crippen LogP contribution is 2.30. The van der Waals surface area contributed by atoms with E-state index < -0.39 is 0 Å². The number of amides is 1. The molecule has 142 valence electrons. The van der Waals surface area contributed by atoms with Gasteiger partial charge in [0.25, 0.3) is 5.91 Å². The first-order valence-corrected chi connectivity index (χ1v) is 9.90. The summed E-state index contributed by atoms with van der Waals surface area (Å²) in [4.78, 5) is 16.5. The van der Waals surface area contributed by atoms with Gasteiger partial charge in [-0.05, 0) is 37.3 Å². The molecule has 4 rings (SSSR count). The second-order valence-corrected chi connectivity index (χ2v) is 7.68. The van der Waals surface area contributed by atoms with E-state index in [9.17, 15) is 9.18 Å². The van der Waals surface area contributed by atoms with Crippen LogP contribution in [0.5, 0.6) is 0 Å². The van der Waals surface area contributed by atoms with Gasteiger partial charge in [-0.2, -0.15) is 5.10 Å². The number of carbonyl (C=O) groups is 1. The zero-order chi connectivity index (χ0) is 18.8. The molecule has 0 radical (unpaired) electrons. The minimum atomic E-state index is -0.283. The van der Waals surface area contributed by atoms with E-state index in [-0.39, 0.29) is 11.7 Å². The fraction of sp³-hybridized carbons (Fsp3) is 0.368. The summed E-state index contributed by atoms with van der Waals surface area (Å²) < 4.78 is 15.0. The molecule has 1 aliphatic rings. The SMILES string of the molecule is Cc1nn(-c2ccc(F)cc2)c2sc(C(=O)NCCN3CCNCC3)cc12. The summed E-state index contributed by atoms with van der Waals surface area (Å²) in [5.41, 5.74) is 1.63. The summed E-state index contributed by atoms with van der Waals surface area (Å²) in [6.07, 6.45) is 0. The molecule has 2 N–H and O–H groups in total. The van der Waals surface area contributed by atoms with Crippen molar-refractivity contribution in [1.82, 2.24) is 25.3 Å². The zero-order valence-electron chi connectivity index (χ0n) is 15.2. The molecule has 0 unspecified atom stereocenters. The van der Waals surface area contributed by atoms with Crippen LogP contribution in [0.25, 0.3) is 15.9 Å². The number of nitrogens with zero attached hydrogens (tertiary/aromatic N) is 3. The van der Waals surface area contributed by atoms with Crippen molar-refractivity contribution in [2.75, 3.05) is 39.3 Å². The van der Waals surface area contributed by atoms with Crippen molar-refractivity contribution in [1.29, 1.82) is 0 Å². The van der Waals surface area contributed by atoms with E-state index in [4.69, 9.17) is 0 Å². The largest absolute Gasteiger partial charge is 0.350 e. The Kier molecular flexibility index (Phi) is 5.20. The van der Waals surface area contributed by atoms with Crippen LogP contribution in [0.2, 0.25) is 0 Å². The molecular weight excluding hydrogens is 365 g/mol. The van der Waals surface area contributed by atoms with Gasteiger partial charge in [0.2, 0.25) is 0 Å². The number of halogens is 1. The second-order valence-electron chi connectivity index (χ2n) is 6.65. The molecule has 0 aliphatic carbocycles. The highest BCUT2D eigenvalue weighted by Gasteiger charge is 2.17. The van der Waals surface area contributed by atoms with Crippen LogP contribution in [0.15, 0.2) is 30.3 Å². The van der Waals surface area contributed by atoms with Crippen molar-refractivity contribution in [3.63, 3.8) is 0 Å². The van der Waals surface area contributed by atoms with Crippen molar-refractivity contribution >= 4 is 27.5 Å². The first-order valence-electron chi connectivity index (χ1n) is 9.08. The van der Waals surface area contributed by atoms with Crippen LogP contribution in [0.3, 0.4) is 0 Å². The first-order chi connectivity index (χ1) is 13.1. The third-order valence-corrected chi connectivity index (χ3v) is 5.87. The lowest BCUT2D eigenvalue weighted by molar-refractivity contribution is 0.0951. The number of rotatable bonds is 5. The number of fused-ring (bicyclic) bond motifs is 1. The van der Waals surface area contributed by atoms with E-state index in [0.29, 0.717) is 11.4 Å². The molecule has 3 heterocycles. The Bertz CT molecular complexity index is 943. The van der Waals surface area contributed by atoms with Crippen molar-refractivity contribution in [2.45, 2.75) is 6.92 Å². The topological polar surface area (TPSA) is 62.2 Å². The van der Waals surface area contributed by atoms with Crippen molar-refractivity contribution in [3.05, 3.63) is 46.7 Å². The van der Waals surface area contributed by atoms with Gasteiger partial charge >= 0.3 is 0 Å². The smallest absolute Gasteiger partial charge is 0.261 e. The van der Waals surface area contributed by atoms with E-state index in [1.165, 1.54) is 23.5 Å². The monoisotopic (exact) mass is 387 g/mol. The Balaban J connectivity index is 1.48. The summed E-state index contributed by atoms with van der Waals surface area (Å²) in [5.74, 6) is -0.342. The van der Waals surface area contributed by atoms with E-state index >= 15 is 0 Å². The summed E-state index contributed by atoms with van der Waals surface area (Å²) in [6.45, 7) is 7.46. The van der Waals surface area contributed by atoms with Crippen LogP contribution < -0.4 is 10.6 Å². The third-order valence-electron chi connectivity index (χ3n) is 4.76. The highest BCUT2D eigenvalue weighted by molar-refractivity contribution is 7.20. The van der Waals surface area contributed by atoms with Crippen LogP contribution in [-0.4, -0.2) is 59.9 Å². The maximum atomic E-state index is 13.2. The van der Waals surface area contributed by atoms with E-state index in [1.54, 1.807) is 16.8 Å². The summed E-state index contributed by atoms with van der Waals surface area (Å²) >= 11 is 1.41. The van der Waals surface area contributed by atoms with Crippen molar-refractivity contribution in [2.24, 2.45) is 0 Å². The Hall–Kier alpha value is -2.29. The molecule has 3 aromatic rings. The third kappa shape index (κ3) is 3.87. The Morgan fingerprint density at radius 1 is 1.30 bits per heavy atom. The number of aromatic nitrogens is 2. The van der Waals surface area contributed by atoms with Gasteiger partial charge in [0.05, 0.1) is 16.3 Å². The number of hydrogen-bond acceptors (Lipinski definition) is 5. The average molecular weight is 387 g/mol. The molecule has 1 aromatic carbocycles. The van der Waals surface area contributed by atoms with Gasteiger partial charge in [-0.3, -0.25) is 9.69 Å². The summed E-state index contributed by atoms with van der Waals surface area (Å²) in [5, 5.41) is 11.8. The lowest BCUT2D eigenvalue weighted by Gasteiger charge is -2.26. The molecule has 0 bridgehead atoms. The molecule has 1 fully saturated rings. The fourth-order valence-corrected chi connectivity index (χ4v) is 4.37. The number of aryl methyl sites for hydroxylation is 1. The quantitative estimate of drug-likeness (QED) is 0.704. The van der Waals surface area contributed by atoms with Crippen LogP contribution in [0.4, 0.5) is 4.39 Å². The number of nitrogens with one attached hydrogen (secondary N) is 2. The molecule has 0 spiro atoms. The van der Waals surface area contributed by atoms with Gasteiger partial charge in [-0.15, -0.1) is 11.3 Å². The number of carbonyl (C=O) groups excluding carboxylic acids is 1. The Labute approximate surface area is 161 Å². The van der Waals surface area contributed by atoms with E-state index in [2.05, 4.69) is 20.6 Å². The fourth-order valence-electron chi connectivity index (χ4n) is 3.27. The lowest BCUT2D eigenvalue weighted by atomic mass is 10.3. The van der Waals surface area contributed by atoms with Gasteiger partial charge in [0, 0.05) is 44.7 Å². The zero-order valence-corrected chi connectivity index (χ0v) is 16.0. The number of thiophene rings is 1. The Morgan fingerprint density at radius 3 is 2.78 bits per heavy atom. The molecule has 27 heavy (non-hydrogen) atoms. The predicted octanol–water partition coefficient (Wildman–Crippen LogP) is 2.17. The molecule has 1 aliphatic heterocycles. The first kappa shape index (κ1) is 18.1. The van der Waals surface area contributed by atoms with E-state index in [1.807, 2.05) is 13.0 Å². The van der Waals surface area contributed by atoms with Gasteiger partial charge in [-0.25, -0.2) is 9.07 Å². The van der Waals surface area contributed by atoms with Crippen LogP contribution in [0.1, 0.15) is 15.4 Å². The van der Waals surface area contributed by atoms with Gasteiger partial charge in [0.15, 0.2) is 0 Å². The number of piperazine rings is 1. The standard InChI is InChI=1S/C19H22FN5OS/c1-13-16-12-17(18(26)22-8-11-24-9-6-21-7-10-24)27-19(16)25(23-13)15-4-2-14(20)3-5-15/h2-5,12,21H,6-11H2,1H3,(H,22,26). The van der Waals surface area contributed by atoms with Crippen molar-refractivity contribution < 1.29 is 9.18 Å². The van der Waals surface area contributed by atoms with Crippen LogP contribution in [0, 0.1) is 12.7 Å². The second kappa shape index (κ2) is 7.75. The van der Waals surface area contributed by atoms with Gasteiger partial charge in [-0.1, -0.05) is 0 Å². The Morgan fingerprint density at radius 2 is 2.04 bits per heavy atom. The minimum absolute atomic E-state index is 0.0589. The molecule has 1 amide bonds. The average Bonchev–Trinajstić information content (AvgIpc) is 3.24. The summed E-state index contributed by atoms with van der Waals surface area (Å²) in [6, 6.07) is 8.09. The van der Waals surface area contributed by atoms with Gasteiger partial charge < -0.3 is 10.6 Å². The minimum Gasteiger partial charge on any atom is -0.350 e. The normalized spacial score (nSPS) is 15.3. The highest BCUT2D eigenvalue weighted by atomic mass is 32.1. The van der Waals surface area contributed by atoms with E-state index in [0.717, 1.165) is 54.3 Å². The van der Waals surface area contributed by atoms with Crippen molar-refractivity contribution in [3.8, 4) is 5.69 Å². The molecular formula is C19H22FN5OS. The summed E-state index contributed by atoms with van der Waals surface area (Å²) in [7, 11) is 0. The maximum absolute atomic E-state index is 13.2. The van der Waals surface area contributed by atoms with Gasteiger partial charge in [0.1, 0.15) is 10.6 Å². The van der Waals surface area contributed by atoms with Crippen LogP contribution in [-0.2, 0) is 0 Å². The number of benzene rings is 1. The predicted molar refractivity (Wildman–Crippen MR) is 105 cm³/mol. The molecule has 1 saturated heterocycles. The molecule has 6 nitrogen and oxygen atoms in total. The molecule has 0 saturated carbocycles. The molecule has 0 atom stereocenters. The lowest BCUT2D eigenvalue weighted by Crippen LogP contribution is -2.46. The maximum Gasteiger partial charge on any atom is 0.261 e. The molecule has 2 aromatic heterocycles. The van der Waals surface area contributed by atoms with Crippen LogP contribution >= 0.6 is 11.3 Å². The molecule has 8 heteroatoms.